The molecule has 0 spiro atoms. The largest absolute Gasteiger partial charge is 0.454 e. The second kappa shape index (κ2) is 8.69. The van der Waals surface area contributed by atoms with Gasteiger partial charge in [-0.05, 0) is 59.2 Å². The van der Waals surface area contributed by atoms with Crippen LogP contribution in [0.4, 0.5) is 0 Å². The van der Waals surface area contributed by atoms with Crippen LogP contribution in [0.25, 0.3) is 71.7 Å². The number of aromatic nitrogens is 2. The van der Waals surface area contributed by atoms with E-state index in [1.165, 1.54) is 10.8 Å². The summed E-state index contributed by atoms with van der Waals surface area (Å²) in [7, 11) is 0. The van der Waals surface area contributed by atoms with Crippen LogP contribution in [0.3, 0.4) is 0 Å². The van der Waals surface area contributed by atoms with Crippen LogP contribution in [0.1, 0.15) is 5.56 Å². The molecule has 0 saturated heterocycles. The second-order valence-corrected chi connectivity index (χ2v) is 9.99. The smallest absolute Gasteiger partial charge is 0.160 e. The molecule has 0 atom stereocenters. The van der Waals surface area contributed by atoms with Gasteiger partial charge < -0.3 is 8.98 Å². The Hall–Kier alpha value is -5.66. The van der Waals surface area contributed by atoms with Gasteiger partial charge in [0.15, 0.2) is 5.58 Å². The van der Waals surface area contributed by atoms with E-state index >= 15 is 0 Å². The minimum atomic E-state index is 0.549. The Morgan fingerprint density at radius 1 is 0.600 bits per heavy atom. The van der Waals surface area contributed by atoms with E-state index in [1.54, 1.807) is 12.4 Å². The van der Waals surface area contributed by atoms with Gasteiger partial charge in [-0.25, -0.2) is 0 Å². The lowest BCUT2D eigenvalue weighted by atomic mass is 9.99. The summed E-state index contributed by atoms with van der Waals surface area (Å²) in [6, 6.07) is 42.2. The van der Waals surface area contributed by atoms with E-state index in [1.807, 2.05) is 18.2 Å². The Kier molecular flexibility index (Phi) is 4.85. The summed E-state index contributed by atoms with van der Waals surface area (Å²) in [6.45, 7) is 0. The van der Waals surface area contributed by atoms with Gasteiger partial charge in [0.1, 0.15) is 11.7 Å². The number of fused-ring (bicyclic) bond motifs is 7. The van der Waals surface area contributed by atoms with Crippen LogP contribution in [0.2, 0.25) is 0 Å². The summed E-state index contributed by atoms with van der Waals surface area (Å²) in [5.41, 5.74) is 9.75. The fraction of sp³-hybridized carbons (Fsp3) is 0. The van der Waals surface area contributed by atoms with Crippen molar-refractivity contribution in [3.8, 4) is 34.0 Å². The van der Waals surface area contributed by atoms with Crippen molar-refractivity contribution in [2.45, 2.75) is 0 Å². The number of para-hydroxylation sites is 2. The Bertz CT molecular complexity index is 2300. The lowest BCUT2D eigenvalue weighted by Crippen LogP contribution is -1.94. The van der Waals surface area contributed by atoms with Crippen LogP contribution in [-0.2, 0) is 0 Å². The second-order valence-electron chi connectivity index (χ2n) is 9.99. The molecule has 0 unspecified atom stereocenters. The molecule has 0 aliphatic carbocycles. The van der Waals surface area contributed by atoms with Gasteiger partial charge in [0.2, 0.25) is 0 Å². The molecule has 186 valence electrons. The van der Waals surface area contributed by atoms with Gasteiger partial charge in [-0.1, -0.05) is 72.8 Å². The summed E-state index contributed by atoms with van der Waals surface area (Å²) in [4.78, 5) is 4.25. The highest BCUT2D eigenvalue weighted by Gasteiger charge is 2.19. The Balaban J connectivity index is 1.36. The van der Waals surface area contributed by atoms with E-state index in [9.17, 15) is 5.26 Å². The maximum atomic E-state index is 9.32. The van der Waals surface area contributed by atoms with Crippen molar-refractivity contribution in [2.75, 3.05) is 0 Å². The number of nitriles is 1. The zero-order valence-corrected chi connectivity index (χ0v) is 21.4. The molecular weight excluding hydrogens is 490 g/mol. The predicted molar refractivity (Wildman–Crippen MR) is 161 cm³/mol. The average molecular weight is 512 g/mol. The first-order chi connectivity index (χ1) is 19.8. The summed E-state index contributed by atoms with van der Waals surface area (Å²) in [6.07, 6.45) is 3.38. The van der Waals surface area contributed by atoms with Crippen molar-refractivity contribution in [1.82, 2.24) is 9.55 Å². The summed E-state index contributed by atoms with van der Waals surface area (Å²) in [5.74, 6) is 0. The zero-order chi connectivity index (χ0) is 26.6. The lowest BCUT2D eigenvalue weighted by molar-refractivity contribution is 0.671. The molecular formula is C36H21N3O. The maximum absolute atomic E-state index is 9.32. The van der Waals surface area contributed by atoms with Crippen molar-refractivity contribution >= 4 is 43.7 Å². The van der Waals surface area contributed by atoms with Gasteiger partial charge in [-0.15, -0.1) is 0 Å². The summed E-state index contributed by atoms with van der Waals surface area (Å²) in [5, 5.41) is 13.9. The van der Waals surface area contributed by atoms with Gasteiger partial charge in [-0.3, -0.25) is 4.98 Å². The molecule has 0 N–H and O–H groups in total. The predicted octanol–water partition coefficient (Wildman–Crippen LogP) is 9.28. The number of furan rings is 1. The molecule has 40 heavy (non-hydrogen) atoms. The Morgan fingerprint density at radius 3 is 2.20 bits per heavy atom. The number of pyridine rings is 1. The molecule has 0 radical (unpaired) electrons. The average Bonchev–Trinajstić information content (AvgIpc) is 3.57. The van der Waals surface area contributed by atoms with Gasteiger partial charge >= 0.3 is 0 Å². The molecule has 0 fully saturated rings. The van der Waals surface area contributed by atoms with Crippen molar-refractivity contribution < 1.29 is 4.42 Å². The van der Waals surface area contributed by atoms with Crippen LogP contribution in [-0.4, -0.2) is 9.55 Å². The molecule has 4 heteroatoms. The number of benzene rings is 5. The van der Waals surface area contributed by atoms with Crippen molar-refractivity contribution in [2.24, 2.45) is 0 Å². The first-order valence-electron chi connectivity index (χ1n) is 13.2. The van der Waals surface area contributed by atoms with E-state index in [0.717, 1.165) is 60.9 Å². The molecule has 8 aromatic rings. The van der Waals surface area contributed by atoms with Gasteiger partial charge in [0, 0.05) is 45.2 Å². The molecule has 0 saturated carbocycles. The molecule has 4 nitrogen and oxygen atoms in total. The third-order valence-corrected chi connectivity index (χ3v) is 7.68. The highest BCUT2D eigenvalue weighted by molar-refractivity contribution is 6.21. The fourth-order valence-corrected chi connectivity index (χ4v) is 5.86. The molecule has 3 aromatic heterocycles. The maximum Gasteiger partial charge on any atom is 0.160 e. The van der Waals surface area contributed by atoms with E-state index < -0.39 is 0 Å². The molecule has 0 aliphatic rings. The van der Waals surface area contributed by atoms with Crippen LogP contribution in [0.15, 0.2) is 132 Å². The van der Waals surface area contributed by atoms with Crippen molar-refractivity contribution in [3.05, 3.63) is 133 Å². The first-order valence-corrected chi connectivity index (χ1v) is 13.2. The summed E-state index contributed by atoms with van der Waals surface area (Å²) >= 11 is 0. The number of hydrogen-bond acceptors (Lipinski definition) is 3. The van der Waals surface area contributed by atoms with Gasteiger partial charge in [0.25, 0.3) is 0 Å². The fourth-order valence-electron chi connectivity index (χ4n) is 5.86. The summed E-state index contributed by atoms with van der Waals surface area (Å²) < 4.78 is 8.83. The molecule has 0 bridgehead atoms. The van der Waals surface area contributed by atoms with E-state index in [-0.39, 0.29) is 0 Å². The molecule has 0 amide bonds. The van der Waals surface area contributed by atoms with Gasteiger partial charge in [0.05, 0.1) is 16.6 Å². The third-order valence-electron chi connectivity index (χ3n) is 7.68. The SMILES string of the molecule is N#Cc1cncc(-c2cccc(-c3cccc(-n4c5ccccc5c5ccc6c7ccccc7oc6c54)c3)c2)c1. The Morgan fingerprint density at radius 2 is 1.32 bits per heavy atom. The van der Waals surface area contributed by atoms with Crippen molar-refractivity contribution in [1.29, 1.82) is 5.26 Å². The van der Waals surface area contributed by atoms with Gasteiger partial charge in [-0.2, -0.15) is 5.26 Å². The normalized spacial score (nSPS) is 11.5. The van der Waals surface area contributed by atoms with Crippen LogP contribution in [0.5, 0.6) is 0 Å². The first kappa shape index (κ1) is 22.3. The standard InChI is InChI=1S/C36H21N3O/c37-20-23-17-27(22-38-21-23)25-8-5-7-24(18-25)26-9-6-10-28(19-26)39-33-13-3-1-11-29(33)31-15-16-32-30-12-2-4-14-34(30)40-36(32)35(31)39/h1-19,21-22H. The number of rotatable bonds is 3. The highest BCUT2D eigenvalue weighted by Crippen LogP contribution is 2.40. The van der Waals surface area contributed by atoms with E-state index in [4.69, 9.17) is 4.42 Å². The molecule has 3 heterocycles. The van der Waals surface area contributed by atoms with E-state index in [0.29, 0.717) is 5.56 Å². The quantitative estimate of drug-likeness (QED) is 0.237. The zero-order valence-electron chi connectivity index (χ0n) is 21.4. The monoisotopic (exact) mass is 511 g/mol. The van der Waals surface area contributed by atoms with Crippen LogP contribution >= 0.6 is 0 Å². The van der Waals surface area contributed by atoms with E-state index in [2.05, 4.69) is 113 Å². The van der Waals surface area contributed by atoms with Crippen molar-refractivity contribution in [3.63, 3.8) is 0 Å². The van der Waals surface area contributed by atoms with Crippen LogP contribution < -0.4 is 0 Å². The third kappa shape index (κ3) is 3.35. The topological polar surface area (TPSA) is 54.8 Å². The minimum Gasteiger partial charge on any atom is -0.454 e. The number of hydrogen-bond donors (Lipinski definition) is 0. The highest BCUT2D eigenvalue weighted by atomic mass is 16.3. The number of nitrogens with zero attached hydrogens (tertiary/aromatic N) is 3. The lowest BCUT2D eigenvalue weighted by Gasteiger charge is -2.11. The Labute approximate surface area is 230 Å². The molecule has 0 aliphatic heterocycles. The molecule has 5 aromatic carbocycles. The molecule has 8 rings (SSSR count). The minimum absolute atomic E-state index is 0.549. The van der Waals surface area contributed by atoms with Crippen LogP contribution in [0, 0.1) is 11.3 Å².